The number of likely N-dealkylation sites (N-methyl/N-ethyl adjacent to an activating group) is 1. The monoisotopic (exact) mass is 294 g/mol. The van der Waals surface area contributed by atoms with Crippen molar-refractivity contribution in [2.75, 3.05) is 33.3 Å². The Labute approximate surface area is 126 Å². The van der Waals surface area contributed by atoms with Gasteiger partial charge in [-0.3, -0.25) is 4.79 Å². The molecule has 5 heteroatoms. The molecule has 1 fully saturated rings. The lowest BCUT2D eigenvalue weighted by Crippen LogP contribution is -2.41. The van der Waals surface area contributed by atoms with Crippen LogP contribution in [0.15, 0.2) is 10.5 Å². The van der Waals surface area contributed by atoms with Crippen molar-refractivity contribution in [3.8, 4) is 0 Å². The zero-order chi connectivity index (χ0) is 15.4. The number of furan rings is 1. The summed E-state index contributed by atoms with van der Waals surface area (Å²) in [6, 6.07) is 1.85. The number of carbonyl (C=O) groups is 1. The maximum Gasteiger partial charge on any atom is 0.254 e. The Balaban J connectivity index is 1.81. The summed E-state index contributed by atoms with van der Waals surface area (Å²) >= 11 is 0. The molecule has 2 heterocycles. The third kappa shape index (κ3) is 4.32. The van der Waals surface area contributed by atoms with Gasteiger partial charge in [0.05, 0.1) is 18.3 Å². The molecular formula is C16H26N2O3. The minimum Gasteiger partial charge on any atom is -0.465 e. The molecule has 2 rings (SSSR count). The molecule has 118 valence electrons. The van der Waals surface area contributed by atoms with Crippen LogP contribution >= 0.6 is 0 Å². The molecule has 0 aromatic carbocycles. The molecule has 0 bridgehead atoms. The topological polar surface area (TPSA) is 54.7 Å². The van der Waals surface area contributed by atoms with E-state index in [4.69, 9.17) is 9.15 Å². The largest absolute Gasteiger partial charge is 0.465 e. The van der Waals surface area contributed by atoms with E-state index >= 15 is 0 Å². The number of ether oxygens (including phenoxy) is 1. The Morgan fingerprint density at radius 1 is 1.52 bits per heavy atom. The average Bonchev–Trinajstić information content (AvgIpc) is 2.81. The lowest BCUT2D eigenvalue weighted by atomic mass is 10.1. The molecule has 1 atom stereocenters. The first kappa shape index (κ1) is 16.0. The highest BCUT2D eigenvalue weighted by Crippen LogP contribution is 2.21. The molecule has 1 aromatic heterocycles. The summed E-state index contributed by atoms with van der Waals surface area (Å²) in [6.07, 6.45) is 1.05. The number of amides is 1. The van der Waals surface area contributed by atoms with Gasteiger partial charge in [-0.15, -0.1) is 0 Å². The number of nitrogens with one attached hydrogen (secondary N) is 1. The zero-order valence-electron chi connectivity index (χ0n) is 13.4. The molecule has 1 saturated heterocycles. The van der Waals surface area contributed by atoms with Gasteiger partial charge >= 0.3 is 0 Å². The highest BCUT2D eigenvalue weighted by atomic mass is 16.5. The Morgan fingerprint density at radius 3 is 2.90 bits per heavy atom. The summed E-state index contributed by atoms with van der Waals surface area (Å²) in [6.45, 7) is 9.24. The van der Waals surface area contributed by atoms with Gasteiger partial charge in [0.15, 0.2) is 0 Å². The molecule has 1 N–H and O–H groups in total. The van der Waals surface area contributed by atoms with Gasteiger partial charge in [0, 0.05) is 25.6 Å². The van der Waals surface area contributed by atoms with Crippen molar-refractivity contribution in [2.24, 2.45) is 0 Å². The van der Waals surface area contributed by atoms with E-state index in [-0.39, 0.29) is 17.9 Å². The van der Waals surface area contributed by atoms with Gasteiger partial charge < -0.3 is 19.4 Å². The standard InChI is InChI=1S/C16H26N2O3/c1-11(2)15-9-14(12(3)21-15)16(19)17-6-5-13-10-18(4)7-8-20-13/h9,11,13H,5-8,10H2,1-4H3,(H,17,19). The smallest absolute Gasteiger partial charge is 0.254 e. The van der Waals surface area contributed by atoms with Crippen molar-refractivity contribution in [1.29, 1.82) is 0 Å². The van der Waals surface area contributed by atoms with Crippen LogP contribution in [0.25, 0.3) is 0 Å². The number of hydrogen-bond acceptors (Lipinski definition) is 4. The summed E-state index contributed by atoms with van der Waals surface area (Å²) in [4.78, 5) is 14.4. The van der Waals surface area contributed by atoms with Crippen LogP contribution in [0.2, 0.25) is 0 Å². The van der Waals surface area contributed by atoms with Crippen LogP contribution in [0.5, 0.6) is 0 Å². The summed E-state index contributed by atoms with van der Waals surface area (Å²) in [5.74, 6) is 1.77. The van der Waals surface area contributed by atoms with E-state index in [2.05, 4.69) is 31.1 Å². The second-order valence-corrected chi connectivity index (χ2v) is 6.07. The number of morpholine rings is 1. The fraction of sp³-hybridized carbons (Fsp3) is 0.688. The number of nitrogens with zero attached hydrogens (tertiary/aromatic N) is 1. The van der Waals surface area contributed by atoms with Crippen LogP contribution < -0.4 is 5.32 Å². The molecule has 0 saturated carbocycles. The third-order valence-corrected chi connectivity index (χ3v) is 3.84. The predicted octanol–water partition coefficient (Wildman–Crippen LogP) is 2.16. The molecule has 21 heavy (non-hydrogen) atoms. The van der Waals surface area contributed by atoms with Gasteiger partial charge in [-0.2, -0.15) is 0 Å². The Hall–Kier alpha value is -1.33. The molecule has 1 unspecified atom stereocenters. The van der Waals surface area contributed by atoms with Gasteiger partial charge in [-0.1, -0.05) is 13.8 Å². The SMILES string of the molecule is Cc1oc(C(C)C)cc1C(=O)NCCC1CN(C)CCO1. The lowest BCUT2D eigenvalue weighted by Gasteiger charge is -2.30. The minimum absolute atomic E-state index is 0.0627. The molecule has 5 nitrogen and oxygen atoms in total. The third-order valence-electron chi connectivity index (χ3n) is 3.84. The number of hydrogen-bond donors (Lipinski definition) is 1. The lowest BCUT2D eigenvalue weighted by molar-refractivity contribution is -0.0226. The van der Waals surface area contributed by atoms with Crippen LogP contribution in [0.4, 0.5) is 0 Å². The summed E-state index contributed by atoms with van der Waals surface area (Å²) in [5.41, 5.74) is 0.639. The van der Waals surface area contributed by atoms with E-state index in [9.17, 15) is 4.79 Å². The maximum atomic E-state index is 12.2. The van der Waals surface area contributed by atoms with Crippen molar-refractivity contribution in [3.05, 3.63) is 23.2 Å². The minimum atomic E-state index is -0.0627. The normalized spacial score (nSPS) is 20.0. The van der Waals surface area contributed by atoms with Crippen molar-refractivity contribution in [3.63, 3.8) is 0 Å². The van der Waals surface area contributed by atoms with Gasteiger partial charge in [0.25, 0.3) is 5.91 Å². The van der Waals surface area contributed by atoms with Crippen LogP contribution in [0, 0.1) is 6.92 Å². The molecule has 1 aliphatic heterocycles. The van der Waals surface area contributed by atoms with Crippen LogP contribution in [0.1, 0.15) is 48.1 Å². The molecule has 0 radical (unpaired) electrons. The van der Waals surface area contributed by atoms with E-state index in [0.29, 0.717) is 17.9 Å². The van der Waals surface area contributed by atoms with E-state index < -0.39 is 0 Å². The summed E-state index contributed by atoms with van der Waals surface area (Å²) < 4.78 is 11.3. The molecule has 1 aromatic rings. The second kappa shape index (κ2) is 7.09. The second-order valence-electron chi connectivity index (χ2n) is 6.07. The summed E-state index contributed by atoms with van der Waals surface area (Å²) in [7, 11) is 2.09. The average molecular weight is 294 g/mol. The molecule has 1 aliphatic rings. The van der Waals surface area contributed by atoms with Crippen LogP contribution in [0.3, 0.4) is 0 Å². The molecular weight excluding hydrogens is 268 g/mol. The summed E-state index contributed by atoms with van der Waals surface area (Å²) in [5, 5.41) is 2.96. The van der Waals surface area contributed by atoms with Crippen molar-refractivity contribution < 1.29 is 13.9 Å². The van der Waals surface area contributed by atoms with Crippen LogP contribution in [-0.2, 0) is 4.74 Å². The Kier molecular flexibility index (Phi) is 5.42. The van der Waals surface area contributed by atoms with Crippen molar-refractivity contribution >= 4 is 5.91 Å². The van der Waals surface area contributed by atoms with Crippen LogP contribution in [-0.4, -0.2) is 50.2 Å². The van der Waals surface area contributed by atoms with Gasteiger partial charge in [-0.05, 0) is 26.5 Å². The Bertz CT molecular complexity index is 482. The van der Waals surface area contributed by atoms with Crippen molar-refractivity contribution in [2.45, 2.75) is 39.2 Å². The van der Waals surface area contributed by atoms with Gasteiger partial charge in [-0.25, -0.2) is 0 Å². The first-order valence-corrected chi connectivity index (χ1v) is 7.66. The van der Waals surface area contributed by atoms with Gasteiger partial charge in [0.1, 0.15) is 11.5 Å². The molecule has 0 spiro atoms. The number of aryl methyl sites for hydroxylation is 1. The predicted molar refractivity (Wildman–Crippen MR) is 81.7 cm³/mol. The first-order valence-electron chi connectivity index (χ1n) is 7.66. The highest BCUT2D eigenvalue weighted by molar-refractivity contribution is 5.95. The molecule has 1 amide bonds. The first-order chi connectivity index (χ1) is 9.97. The van der Waals surface area contributed by atoms with E-state index in [1.54, 1.807) is 0 Å². The maximum absolute atomic E-state index is 12.2. The highest BCUT2D eigenvalue weighted by Gasteiger charge is 2.19. The van der Waals surface area contributed by atoms with E-state index in [1.165, 1.54) is 0 Å². The fourth-order valence-corrected chi connectivity index (χ4v) is 2.50. The zero-order valence-corrected chi connectivity index (χ0v) is 13.4. The van der Waals surface area contributed by atoms with Gasteiger partial charge in [0.2, 0.25) is 0 Å². The molecule has 0 aliphatic carbocycles. The quantitative estimate of drug-likeness (QED) is 0.904. The van der Waals surface area contributed by atoms with Crippen molar-refractivity contribution in [1.82, 2.24) is 10.2 Å². The Morgan fingerprint density at radius 2 is 2.29 bits per heavy atom. The van der Waals surface area contributed by atoms with E-state index in [1.807, 2.05) is 13.0 Å². The van der Waals surface area contributed by atoms with E-state index in [0.717, 1.165) is 31.9 Å². The fourth-order valence-electron chi connectivity index (χ4n) is 2.50. The number of rotatable bonds is 5. The number of carbonyl (C=O) groups excluding carboxylic acids is 1.